The molecule has 2 heterocycles. The lowest BCUT2D eigenvalue weighted by molar-refractivity contribution is -0.139. The molecule has 2 aliphatic heterocycles. The Morgan fingerprint density at radius 2 is 2.31 bits per heavy atom. The summed E-state index contributed by atoms with van der Waals surface area (Å²) < 4.78 is 0. The summed E-state index contributed by atoms with van der Waals surface area (Å²) in [6.07, 6.45) is 2.17. The van der Waals surface area contributed by atoms with Crippen molar-refractivity contribution in [2.24, 2.45) is 0 Å². The molecule has 2 saturated heterocycles. The van der Waals surface area contributed by atoms with Crippen LogP contribution in [-0.4, -0.2) is 35.3 Å². The van der Waals surface area contributed by atoms with Gasteiger partial charge in [0.1, 0.15) is 5.54 Å². The third-order valence-electron chi connectivity index (χ3n) is 2.97. The summed E-state index contributed by atoms with van der Waals surface area (Å²) in [7, 11) is 0. The van der Waals surface area contributed by atoms with Gasteiger partial charge in [-0.25, -0.2) is 0 Å². The normalized spacial score (nSPS) is 33.8. The number of imide groups is 1. The Kier molecular flexibility index (Phi) is 1.87. The smallest absolute Gasteiger partial charge is 0.249 e. The average Bonchev–Trinajstić information content (AvgIpc) is 2.62. The first-order valence-electron chi connectivity index (χ1n) is 4.79. The van der Waals surface area contributed by atoms with Gasteiger partial charge >= 0.3 is 0 Å². The van der Waals surface area contributed by atoms with Crippen LogP contribution in [0.2, 0.25) is 0 Å². The van der Waals surface area contributed by atoms with E-state index in [0.717, 1.165) is 19.4 Å². The van der Waals surface area contributed by atoms with Gasteiger partial charge in [-0.2, -0.15) is 0 Å². The van der Waals surface area contributed by atoms with Crippen molar-refractivity contribution in [2.45, 2.75) is 31.7 Å². The molecule has 1 spiro atoms. The Bertz CT molecular complexity index is 256. The van der Waals surface area contributed by atoms with Gasteiger partial charge < -0.3 is 5.32 Å². The lowest BCUT2D eigenvalue weighted by Gasteiger charge is -2.20. The molecule has 72 valence electrons. The number of amides is 2. The molecule has 1 N–H and O–H groups in total. The van der Waals surface area contributed by atoms with E-state index in [9.17, 15) is 9.59 Å². The van der Waals surface area contributed by atoms with E-state index < -0.39 is 5.54 Å². The summed E-state index contributed by atoms with van der Waals surface area (Å²) in [6, 6.07) is 0. The third kappa shape index (κ3) is 1.09. The van der Waals surface area contributed by atoms with Crippen LogP contribution in [-0.2, 0) is 9.59 Å². The van der Waals surface area contributed by atoms with E-state index in [4.69, 9.17) is 0 Å². The molecule has 0 bridgehead atoms. The summed E-state index contributed by atoms with van der Waals surface area (Å²) in [6.45, 7) is 3.20. The highest BCUT2D eigenvalue weighted by atomic mass is 16.2. The zero-order valence-corrected chi connectivity index (χ0v) is 7.80. The molecule has 0 aromatic carbocycles. The van der Waals surface area contributed by atoms with E-state index in [1.165, 1.54) is 4.90 Å². The standard InChI is InChI=1S/C9H14N2O2/c1-2-11-7(12)6-9(8(11)13)4-3-5-10-9/h10H,2-6H2,1H3. The van der Waals surface area contributed by atoms with Crippen LogP contribution < -0.4 is 5.32 Å². The van der Waals surface area contributed by atoms with E-state index in [2.05, 4.69) is 5.32 Å². The maximum absolute atomic E-state index is 11.8. The van der Waals surface area contributed by atoms with Gasteiger partial charge in [0.2, 0.25) is 11.8 Å². The monoisotopic (exact) mass is 182 g/mol. The molecule has 0 saturated carbocycles. The number of nitrogens with zero attached hydrogens (tertiary/aromatic N) is 1. The van der Waals surface area contributed by atoms with Gasteiger partial charge in [0.15, 0.2) is 0 Å². The fourth-order valence-electron chi connectivity index (χ4n) is 2.26. The van der Waals surface area contributed by atoms with Crippen molar-refractivity contribution in [1.29, 1.82) is 0 Å². The Morgan fingerprint density at radius 1 is 1.54 bits per heavy atom. The second-order valence-corrected chi connectivity index (χ2v) is 3.73. The van der Waals surface area contributed by atoms with Crippen molar-refractivity contribution in [3.63, 3.8) is 0 Å². The van der Waals surface area contributed by atoms with E-state index in [1.807, 2.05) is 6.92 Å². The zero-order valence-electron chi connectivity index (χ0n) is 7.80. The molecule has 2 fully saturated rings. The number of likely N-dealkylation sites (tertiary alicyclic amines) is 1. The maximum atomic E-state index is 11.8. The van der Waals surface area contributed by atoms with E-state index in [1.54, 1.807) is 0 Å². The average molecular weight is 182 g/mol. The molecule has 0 aromatic rings. The summed E-state index contributed by atoms with van der Waals surface area (Å²) >= 11 is 0. The molecular weight excluding hydrogens is 168 g/mol. The molecule has 2 aliphatic rings. The van der Waals surface area contributed by atoms with Crippen molar-refractivity contribution >= 4 is 11.8 Å². The Morgan fingerprint density at radius 3 is 2.77 bits per heavy atom. The number of hydrogen-bond acceptors (Lipinski definition) is 3. The van der Waals surface area contributed by atoms with Crippen LogP contribution in [0.15, 0.2) is 0 Å². The molecule has 13 heavy (non-hydrogen) atoms. The van der Waals surface area contributed by atoms with Gasteiger partial charge in [0.25, 0.3) is 0 Å². The molecule has 1 atom stereocenters. The van der Waals surface area contributed by atoms with Gasteiger partial charge in [-0.15, -0.1) is 0 Å². The van der Waals surface area contributed by atoms with E-state index in [0.29, 0.717) is 13.0 Å². The molecular formula is C9H14N2O2. The lowest BCUT2D eigenvalue weighted by atomic mass is 9.96. The molecule has 0 aromatic heterocycles. The molecule has 2 amide bonds. The van der Waals surface area contributed by atoms with Crippen LogP contribution in [0.4, 0.5) is 0 Å². The van der Waals surface area contributed by atoms with Crippen LogP contribution in [0.25, 0.3) is 0 Å². The molecule has 2 rings (SSSR count). The number of carbonyl (C=O) groups excluding carboxylic acids is 2. The Labute approximate surface area is 77.3 Å². The Balaban J connectivity index is 2.25. The second-order valence-electron chi connectivity index (χ2n) is 3.73. The van der Waals surface area contributed by atoms with Crippen molar-refractivity contribution in [3.05, 3.63) is 0 Å². The van der Waals surface area contributed by atoms with Crippen LogP contribution >= 0.6 is 0 Å². The van der Waals surface area contributed by atoms with Crippen molar-refractivity contribution in [2.75, 3.05) is 13.1 Å². The van der Waals surface area contributed by atoms with Crippen molar-refractivity contribution < 1.29 is 9.59 Å². The summed E-state index contributed by atoms with van der Waals surface area (Å²) in [4.78, 5) is 24.6. The lowest BCUT2D eigenvalue weighted by Crippen LogP contribution is -2.47. The van der Waals surface area contributed by atoms with Crippen LogP contribution in [0, 0.1) is 0 Å². The molecule has 0 aliphatic carbocycles. The van der Waals surface area contributed by atoms with Gasteiger partial charge in [0.05, 0.1) is 6.42 Å². The van der Waals surface area contributed by atoms with Gasteiger partial charge in [-0.1, -0.05) is 0 Å². The first kappa shape index (κ1) is 8.69. The highest BCUT2D eigenvalue weighted by molar-refractivity contribution is 6.08. The van der Waals surface area contributed by atoms with E-state index >= 15 is 0 Å². The van der Waals surface area contributed by atoms with Crippen LogP contribution in [0.3, 0.4) is 0 Å². The third-order valence-corrected chi connectivity index (χ3v) is 2.97. The number of nitrogens with one attached hydrogen (secondary N) is 1. The first-order valence-corrected chi connectivity index (χ1v) is 4.79. The number of likely N-dealkylation sites (N-methyl/N-ethyl adjacent to an activating group) is 1. The van der Waals surface area contributed by atoms with Gasteiger partial charge in [0, 0.05) is 6.54 Å². The predicted molar refractivity (Wildman–Crippen MR) is 47.0 cm³/mol. The zero-order chi connectivity index (χ0) is 9.47. The van der Waals surface area contributed by atoms with Gasteiger partial charge in [-0.3, -0.25) is 14.5 Å². The Hall–Kier alpha value is -0.900. The fourth-order valence-corrected chi connectivity index (χ4v) is 2.26. The molecule has 4 nitrogen and oxygen atoms in total. The second kappa shape index (κ2) is 2.80. The predicted octanol–water partition coefficient (Wildman–Crippen LogP) is -0.113. The van der Waals surface area contributed by atoms with Gasteiger partial charge in [-0.05, 0) is 26.3 Å². The summed E-state index contributed by atoms with van der Waals surface area (Å²) in [5, 5.41) is 3.16. The van der Waals surface area contributed by atoms with Crippen LogP contribution in [0.1, 0.15) is 26.2 Å². The quantitative estimate of drug-likeness (QED) is 0.575. The topological polar surface area (TPSA) is 49.4 Å². The highest BCUT2D eigenvalue weighted by Crippen LogP contribution is 2.31. The summed E-state index contributed by atoms with van der Waals surface area (Å²) in [5.41, 5.74) is -0.521. The number of hydrogen-bond donors (Lipinski definition) is 1. The number of rotatable bonds is 1. The minimum absolute atomic E-state index is 0.0162. The highest BCUT2D eigenvalue weighted by Gasteiger charge is 2.52. The SMILES string of the molecule is CCN1C(=O)CC2(CCCN2)C1=O. The fraction of sp³-hybridized carbons (Fsp3) is 0.778. The number of carbonyl (C=O) groups is 2. The first-order chi connectivity index (χ1) is 6.19. The van der Waals surface area contributed by atoms with Crippen molar-refractivity contribution in [1.82, 2.24) is 10.2 Å². The largest absolute Gasteiger partial charge is 0.303 e. The molecule has 1 unspecified atom stereocenters. The van der Waals surface area contributed by atoms with E-state index in [-0.39, 0.29) is 11.8 Å². The summed E-state index contributed by atoms with van der Waals surface area (Å²) in [5.74, 6) is -0.0422. The maximum Gasteiger partial charge on any atom is 0.249 e. The molecule has 0 radical (unpaired) electrons. The van der Waals surface area contributed by atoms with Crippen LogP contribution in [0.5, 0.6) is 0 Å². The minimum atomic E-state index is -0.521. The minimum Gasteiger partial charge on any atom is -0.303 e. The molecule has 4 heteroatoms. The van der Waals surface area contributed by atoms with Crippen molar-refractivity contribution in [3.8, 4) is 0 Å².